The Hall–Kier alpha value is -0.610. The van der Waals surface area contributed by atoms with Crippen LogP contribution in [0.25, 0.3) is 0 Å². The van der Waals surface area contributed by atoms with Gasteiger partial charge in [0.25, 0.3) is 0 Å². The van der Waals surface area contributed by atoms with Crippen molar-refractivity contribution in [3.63, 3.8) is 0 Å². The average Bonchev–Trinajstić information content (AvgIpc) is 2.34. The average molecular weight is 243 g/mol. The van der Waals surface area contributed by atoms with Gasteiger partial charge in [-0.3, -0.25) is 4.79 Å². The molecule has 0 rings (SSSR count). The molecule has 0 aliphatic heterocycles. The molecule has 2 unspecified atom stereocenters. The van der Waals surface area contributed by atoms with Gasteiger partial charge in [0.15, 0.2) is 0 Å². The van der Waals surface area contributed by atoms with E-state index < -0.39 is 0 Å². The van der Waals surface area contributed by atoms with Crippen molar-refractivity contribution in [3.05, 3.63) is 0 Å². The van der Waals surface area contributed by atoms with Crippen molar-refractivity contribution < 1.29 is 4.79 Å². The molecule has 0 aromatic rings. The number of hydrogen-bond acceptors (Lipinski definition) is 3. The highest BCUT2D eigenvalue weighted by Crippen LogP contribution is 2.05. The molecule has 2 atom stereocenters. The Balaban J connectivity index is 3.70. The number of carbonyl (C=O) groups is 1. The van der Waals surface area contributed by atoms with Gasteiger partial charge in [-0.05, 0) is 32.9 Å². The summed E-state index contributed by atoms with van der Waals surface area (Å²) in [4.78, 5) is 13.9. The van der Waals surface area contributed by atoms with Crippen molar-refractivity contribution in [1.29, 1.82) is 0 Å². The SMILES string of the molecule is CCC(CN)CC(=O)NCCN(C)C(C)CC. The van der Waals surface area contributed by atoms with Crippen molar-refractivity contribution in [2.45, 2.75) is 46.1 Å². The molecule has 0 heterocycles. The number of hydrogen-bond donors (Lipinski definition) is 2. The van der Waals surface area contributed by atoms with Crippen LogP contribution in [0.15, 0.2) is 0 Å². The third-order valence-electron chi connectivity index (χ3n) is 3.51. The van der Waals surface area contributed by atoms with Crippen LogP contribution in [0, 0.1) is 5.92 Å². The molecule has 1 amide bonds. The van der Waals surface area contributed by atoms with Crippen molar-refractivity contribution >= 4 is 5.91 Å². The van der Waals surface area contributed by atoms with Crippen molar-refractivity contribution in [2.75, 3.05) is 26.7 Å². The van der Waals surface area contributed by atoms with Crippen LogP contribution in [0.3, 0.4) is 0 Å². The van der Waals surface area contributed by atoms with Gasteiger partial charge in [-0.15, -0.1) is 0 Å². The summed E-state index contributed by atoms with van der Waals surface area (Å²) in [6, 6.07) is 0.569. The smallest absolute Gasteiger partial charge is 0.220 e. The van der Waals surface area contributed by atoms with E-state index >= 15 is 0 Å². The molecule has 0 saturated carbocycles. The number of rotatable bonds is 9. The van der Waals surface area contributed by atoms with Crippen LogP contribution in [0.5, 0.6) is 0 Å². The monoisotopic (exact) mass is 243 g/mol. The van der Waals surface area contributed by atoms with Gasteiger partial charge in [0.2, 0.25) is 5.91 Å². The predicted octanol–water partition coefficient (Wildman–Crippen LogP) is 1.21. The maximum absolute atomic E-state index is 11.6. The molecule has 102 valence electrons. The Morgan fingerprint density at radius 3 is 2.47 bits per heavy atom. The number of amides is 1. The van der Waals surface area contributed by atoms with E-state index in [1.54, 1.807) is 0 Å². The zero-order valence-corrected chi connectivity index (χ0v) is 11.8. The maximum Gasteiger partial charge on any atom is 0.220 e. The van der Waals surface area contributed by atoms with Crippen LogP contribution < -0.4 is 11.1 Å². The number of nitrogens with zero attached hydrogens (tertiary/aromatic N) is 1. The molecule has 0 aliphatic carbocycles. The summed E-state index contributed by atoms with van der Waals surface area (Å²) in [5, 5.41) is 2.96. The van der Waals surface area contributed by atoms with Crippen LogP contribution >= 0.6 is 0 Å². The first-order valence-electron chi connectivity index (χ1n) is 6.72. The molecule has 4 heteroatoms. The van der Waals surface area contributed by atoms with E-state index in [1.807, 2.05) is 0 Å². The Bertz CT molecular complexity index is 205. The van der Waals surface area contributed by atoms with Gasteiger partial charge in [0, 0.05) is 25.6 Å². The van der Waals surface area contributed by atoms with E-state index in [4.69, 9.17) is 5.73 Å². The topological polar surface area (TPSA) is 58.4 Å². The van der Waals surface area contributed by atoms with Crippen LogP contribution in [-0.2, 0) is 4.79 Å². The first-order chi connectivity index (χ1) is 8.04. The second kappa shape index (κ2) is 9.42. The fourth-order valence-electron chi connectivity index (χ4n) is 1.63. The van der Waals surface area contributed by atoms with E-state index in [2.05, 4.69) is 38.0 Å². The van der Waals surface area contributed by atoms with Gasteiger partial charge < -0.3 is 16.0 Å². The number of nitrogens with one attached hydrogen (secondary N) is 1. The summed E-state index contributed by atoms with van der Waals surface area (Å²) in [5.74, 6) is 0.446. The molecule has 0 spiro atoms. The molecule has 0 bridgehead atoms. The molecule has 4 nitrogen and oxygen atoms in total. The Kier molecular flexibility index (Phi) is 9.09. The lowest BCUT2D eigenvalue weighted by atomic mass is 10.0. The number of likely N-dealkylation sites (N-methyl/N-ethyl adjacent to an activating group) is 1. The summed E-state index contributed by atoms with van der Waals surface area (Å²) >= 11 is 0. The van der Waals surface area contributed by atoms with Crippen molar-refractivity contribution in [1.82, 2.24) is 10.2 Å². The zero-order valence-electron chi connectivity index (χ0n) is 11.8. The van der Waals surface area contributed by atoms with E-state index in [-0.39, 0.29) is 5.91 Å². The van der Waals surface area contributed by atoms with Crippen molar-refractivity contribution in [2.24, 2.45) is 11.7 Å². The largest absolute Gasteiger partial charge is 0.355 e. The Labute approximate surface area is 106 Å². The normalized spacial score (nSPS) is 14.7. The number of carbonyl (C=O) groups excluding carboxylic acids is 1. The van der Waals surface area contributed by atoms with Crippen LogP contribution in [0.2, 0.25) is 0 Å². The Morgan fingerprint density at radius 2 is 2.00 bits per heavy atom. The van der Waals surface area contributed by atoms with Crippen LogP contribution in [0.4, 0.5) is 0 Å². The molecular weight excluding hydrogens is 214 g/mol. The summed E-state index contributed by atoms with van der Waals surface area (Å²) in [6.07, 6.45) is 2.66. The minimum absolute atomic E-state index is 0.125. The van der Waals surface area contributed by atoms with Gasteiger partial charge in [-0.2, -0.15) is 0 Å². The van der Waals surface area contributed by atoms with Crippen LogP contribution in [0.1, 0.15) is 40.0 Å². The summed E-state index contributed by atoms with van der Waals surface area (Å²) in [6.45, 7) is 8.66. The lowest BCUT2D eigenvalue weighted by Gasteiger charge is -2.23. The molecule has 0 fully saturated rings. The zero-order chi connectivity index (χ0) is 13.3. The molecular formula is C13H29N3O. The minimum Gasteiger partial charge on any atom is -0.355 e. The first-order valence-corrected chi connectivity index (χ1v) is 6.72. The van der Waals surface area contributed by atoms with Gasteiger partial charge in [-0.25, -0.2) is 0 Å². The van der Waals surface area contributed by atoms with Gasteiger partial charge in [-0.1, -0.05) is 20.3 Å². The van der Waals surface area contributed by atoms with E-state index in [0.717, 1.165) is 25.9 Å². The molecule has 0 aliphatic rings. The summed E-state index contributed by atoms with van der Waals surface area (Å²) < 4.78 is 0. The van der Waals surface area contributed by atoms with E-state index in [0.29, 0.717) is 24.9 Å². The minimum atomic E-state index is 0.125. The van der Waals surface area contributed by atoms with Gasteiger partial charge >= 0.3 is 0 Å². The lowest BCUT2D eigenvalue weighted by Crippen LogP contribution is -2.37. The van der Waals surface area contributed by atoms with Gasteiger partial charge in [0.05, 0.1) is 0 Å². The number of nitrogens with two attached hydrogens (primary N) is 1. The van der Waals surface area contributed by atoms with Gasteiger partial charge in [0.1, 0.15) is 0 Å². The molecule has 0 radical (unpaired) electrons. The third-order valence-corrected chi connectivity index (χ3v) is 3.51. The highest BCUT2D eigenvalue weighted by Gasteiger charge is 2.11. The first kappa shape index (κ1) is 16.4. The quantitative estimate of drug-likeness (QED) is 0.640. The summed E-state index contributed by atoms with van der Waals surface area (Å²) in [7, 11) is 2.09. The Morgan fingerprint density at radius 1 is 1.35 bits per heavy atom. The standard InChI is InChI=1S/C13H29N3O/c1-5-11(3)16(4)8-7-15-13(17)9-12(6-2)10-14/h11-12H,5-10,14H2,1-4H3,(H,15,17). The van der Waals surface area contributed by atoms with E-state index in [1.165, 1.54) is 0 Å². The van der Waals surface area contributed by atoms with Crippen LogP contribution in [-0.4, -0.2) is 43.5 Å². The van der Waals surface area contributed by atoms with Crippen molar-refractivity contribution in [3.8, 4) is 0 Å². The second-order valence-electron chi connectivity index (χ2n) is 4.80. The second-order valence-corrected chi connectivity index (χ2v) is 4.80. The highest BCUT2D eigenvalue weighted by molar-refractivity contribution is 5.76. The fourth-order valence-corrected chi connectivity index (χ4v) is 1.63. The molecule has 0 saturated heterocycles. The predicted molar refractivity (Wildman–Crippen MR) is 72.8 cm³/mol. The highest BCUT2D eigenvalue weighted by atomic mass is 16.1. The summed E-state index contributed by atoms with van der Waals surface area (Å²) in [5.41, 5.74) is 5.58. The fraction of sp³-hybridized carbons (Fsp3) is 0.923. The maximum atomic E-state index is 11.6. The third kappa shape index (κ3) is 7.34. The lowest BCUT2D eigenvalue weighted by molar-refractivity contribution is -0.122. The molecule has 3 N–H and O–H groups in total. The molecule has 0 aromatic heterocycles. The van der Waals surface area contributed by atoms with E-state index in [9.17, 15) is 4.79 Å². The molecule has 0 aromatic carbocycles. The molecule has 17 heavy (non-hydrogen) atoms.